The standard InChI is InChI=1S/C19H32N2O2/c1-4-6-8-14-21(13-7-5-2)19(22)12-10-16-9-11-18(23-3)17(20)15-16/h9,11,15H,4-8,10,12-14,20H2,1-3H3. The number of rotatable bonds is 11. The summed E-state index contributed by atoms with van der Waals surface area (Å²) in [5, 5.41) is 0. The van der Waals surface area contributed by atoms with Gasteiger partial charge in [0.25, 0.3) is 0 Å². The number of carbonyl (C=O) groups is 1. The summed E-state index contributed by atoms with van der Waals surface area (Å²) in [6.07, 6.45) is 6.93. The number of carbonyl (C=O) groups excluding carboxylic acids is 1. The van der Waals surface area contributed by atoms with Crippen LogP contribution in [0.2, 0.25) is 0 Å². The Morgan fingerprint density at radius 1 is 1.13 bits per heavy atom. The molecular weight excluding hydrogens is 288 g/mol. The van der Waals surface area contributed by atoms with Gasteiger partial charge < -0.3 is 15.4 Å². The number of hydrogen-bond donors (Lipinski definition) is 1. The Bertz CT molecular complexity index is 474. The number of nitrogens with zero attached hydrogens (tertiary/aromatic N) is 1. The van der Waals surface area contributed by atoms with Crippen LogP contribution in [0.3, 0.4) is 0 Å². The Morgan fingerprint density at radius 2 is 1.83 bits per heavy atom. The molecule has 0 aliphatic rings. The summed E-state index contributed by atoms with van der Waals surface area (Å²) in [4.78, 5) is 14.5. The van der Waals surface area contributed by atoms with Crippen LogP contribution in [0.5, 0.6) is 5.75 Å². The lowest BCUT2D eigenvalue weighted by Crippen LogP contribution is -2.33. The molecule has 2 N–H and O–H groups in total. The van der Waals surface area contributed by atoms with Gasteiger partial charge in [0.1, 0.15) is 5.75 Å². The number of amides is 1. The molecule has 0 spiro atoms. The topological polar surface area (TPSA) is 55.6 Å². The fourth-order valence-electron chi connectivity index (χ4n) is 2.61. The molecule has 0 heterocycles. The predicted octanol–water partition coefficient (Wildman–Crippen LogP) is 4.03. The molecule has 0 unspecified atom stereocenters. The number of methoxy groups -OCH3 is 1. The molecule has 0 bridgehead atoms. The fraction of sp³-hybridized carbons (Fsp3) is 0.632. The summed E-state index contributed by atoms with van der Waals surface area (Å²) in [7, 11) is 1.61. The van der Waals surface area contributed by atoms with E-state index < -0.39 is 0 Å². The van der Waals surface area contributed by atoms with Crippen LogP contribution in [0.25, 0.3) is 0 Å². The SMILES string of the molecule is CCCCCN(CCCC)C(=O)CCc1ccc(OC)c(N)c1. The Hall–Kier alpha value is -1.71. The zero-order valence-electron chi connectivity index (χ0n) is 14.9. The number of benzene rings is 1. The van der Waals surface area contributed by atoms with Crippen molar-refractivity contribution in [2.24, 2.45) is 0 Å². The van der Waals surface area contributed by atoms with E-state index in [1.165, 1.54) is 12.8 Å². The molecule has 4 nitrogen and oxygen atoms in total. The largest absolute Gasteiger partial charge is 0.495 e. The second-order valence-electron chi connectivity index (χ2n) is 6.02. The third-order valence-electron chi connectivity index (χ3n) is 4.09. The minimum atomic E-state index is 0.254. The van der Waals surface area contributed by atoms with Gasteiger partial charge in [0.15, 0.2) is 0 Å². The van der Waals surface area contributed by atoms with Crippen molar-refractivity contribution in [3.05, 3.63) is 23.8 Å². The lowest BCUT2D eigenvalue weighted by atomic mass is 10.1. The van der Waals surface area contributed by atoms with Crippen molar-refractivity contribution in [3.8, 4) is 5.75 Å². The summed E-state index contributed by atoms with van der Waals surface area (Å²) in [5.74, 6) is 0.938. The van der Waals surface area contributed by atoms with Crippen molar-refractivity contribution in [1.82, 2.24) is 4.90 Å². The average Bonchev–Trinajstić information content (AvgIpc) is 2.56. The lowest BCUT2D eigenvalue weighted by molar-refractivity contribution is -0.131. The number of anilines is 1. The smallest absolute Gasteiger partial charge is 0.222 e. The highest BCUT2D eigenvalue weighted by molar-refractivity contribution is 5.76. The van der Waals surface area contributed by atoms with E-state index in [0.29, 0.717) is 17.9 Å². The van der Waals surface area contributed by atoms with Crippen LogP contribution in [-0.2, 0) is 11.2 Å². The lowest BCUT2D eigenvalue weighted by Gasteiger charge is -2.22. The molecule has 0 aromatic heterocycles. The van der Waals surface area contributed by atoms with E-state index in [0.717, 1.165) is 44.3 Å². The molecular formula is C19H32N2O2. The number of unbranched alkanes of at least 4 members (excludes halogenated alkanes) is 3. The molecule has 4 heteroatoms. The van der Waals surface area contributed by atoms with Gasteiger partial charge >= 0.3 is 0 Å². The van der Waals surface area contributed by atoms with E-state index in [9.17, 15) is 4.79 Å². The first-order valence-electron chi connectivity index (χ1n) is 8.82. The normalized spacial score (nSPS) is 10.6. The summed E-state index contributed by atoms with van der Waals surface area (Å²) in [6, 6.07) is 5.75. The van der Waals surface area contributed by atoms with Gasteiger partial charge in [-0.2, -0.15) is 0 Å². The molecule has 1 amide bonds. The highest BCUT2D eigenvalue weighted by Gasteiger charge is 2.13. The second-order valence-corrected chi connectivity index (χ2v) is 6.02. The highest BCUT2D eigenvalue weighted by atomic mass is 16.5. The van der Waals surface area contributed by atoms with Crippen molar-refractivity contribution in [2.45, 2.75) is 58.8 Å². The highest BCUT2D eigenvalue weighted by Crippen LogP contribution is 2.22. The Morgan fingerprint density at radius 3 is 2.43 bits per heavy atom. The molecule has 0 saturated heterocycles. The molecule has 1 rings (SSSR count). The van der Waals surface area contributed by atoms with E-state index >= 15 is 0 Å². The van der Waals surface area contributed by atoms with Gasteiger partial charge in [0, 0.05) is 19.5 Å². The van der Waals surface area contributed by atoms with Crippen molar-refractivity contribution in [2.75, 3.05) is 25.9 Å². The summed E-state index contributed by atoms with van der Waals surface area (Å²) >= 11 is 0. The predicted molar refractivity (Wildman–Crippen MR) is 96.7 cm³/mol. The van der Waals surface area contributed by atoms with Crippen LogP contribution in [-0.4, -0.2) is 31.0 Å². The zero-order chi connectivity index (χ0) is 17.1. The van der Waals surface area contributed by atoms with Crippen LogP contribution >= 0.6 is 0 Å². The third kappa shape index (κ3) is 6.93. The number of aryl methyl sites for hydroxylation is 1. The average molecular weight is 320 g/mol. The minimum absolute atomic E-state index is 0.254. The maximum Gasteiger partial charge on any atom is 0.222 e. The molecule has 1 aromatic rings. The Balaban J connectivity index is 2.54. The Labute approximate surface area is 141 Å². The minimum Gasteiger partial charge on any atom is -0.495 e. The van der Waals surface area contributed by atoms with Gasteiger partial charge in [-0.05, 0) is 37.0 Å². The Kier molecular flexibility index (Phi) is 9.18. The molecule has 23 heavy (non-hydrogen) atoms. The van der Waals surface area contributed by atoms with Crippen molar-refractivity contribution >= 4 is 11.6 Å². The summed E-state index contributed by atoms with van der Waals surface area (Å²) < 4.78 is 5.16. The van der Waals surface area contributed by atoms with E-state index in [1.54, 1.807) is 7.11 Å². The van der Waals surface area contributed by atoms with Gasteiger partial charge in [-0.15, -0.1) is 0 Å². The van der Waals surface area contributed by atoms with E-state index in [1.807, 2.05) is 23.1 Å². The first-order chi connectivity index (χ1) is 11.1. The second kappa shape index (κ2) is 10.9. The van der Waals surface area contributed by atoms with Gasteiger partial charge in [0.2, 0.25) is 5.91 Å². The molecule has 0 radical (unpaired) electrons. The first kappa shape index (κ1) is 19.3. The third-order valence-corrected chi connectivity index (χ3v) is 4.09. The summed E-state index contributed by atoms with van der Waals surface area (Å²) in [6.45, 7) is 6.11. The van der Waals surface area contributed by atoms with E-state index in [4.69, 9.17) is 10.5 Å². The van der Waals surface area contributed by atoms with Crippen LogP contribution in [0.15, 0.2) is 18.2 Å². The monoisotopic (exact) mass is 320 g/mol. The van der Waals surface area contributed by atoms with Crippen LogP contribution in [0.4, 0.5) is 5.69 Å². The van der Waals surface area contributed by atoms with Gasteiger partial charge in [-0.1, -0.05) is 39.2 Å². The van der Waals surface area contributed by atoms with Crippen molar-refractivity contribution in [3.63, 3.8) is 0 Å². The van der Waals surface area contributed by atoms with Crippen molar-refractivity contribution in [1.29, 1.82) is 0 Å². The maximum atomic E-state index is 12.5. The molecule has 0 aliphatic carbocycles. The fourth-order valence-corrected chi connectivity index (χ4v) is 2.61. The molecule has 0 fully saturated rings. The van der Waals surface area contributed by atoms with Crippen LogP contribution in [0.1, 0.15) is 57.9 Å². The van der Waals surface area contributed by atoms with Crippen molar-refractivity contribution < 1.29 is 9.53 Å². The summed E-state index contributed by atoms with van der Waals surface area (Å²) in [5.41, 5.74) is 7.64. The van der Waals surface area contributed by atoms with E-state index in [2.05, 4.69) is 13.8 Å². The number of hydrogen-bond acceptors (Lipinski definition) is 3. The molecule has 0 atom stereocenters. The molecule has 1 aromatic carbocycles. The van der Waals surface area contributed by atoms with Crippen LogP contribution < -0.4 is 10.5 Å². The van der Waals surface area contributed by atoms with Gasteiger partial charge in [0.05, 0.1) is 12.8 Å². The van der Waals surface area contributed by atoms with Crippen LogP contribution in [0, 0.1) is 0 Å². The van der Waals surface area contributed by atoms with Gasteiger partial charge in [-0.3, -0.25) is 4.79 Å². The van der Waals surface area contributed by atoms with Gasteiger partial charge in [-0.25, -0.2) is 0 Å². The first-order valence-corrected chi connectivity index (χ1v) is 8.82. The molecule has 0 aliphatic heterocycles. The van der Waals surface area contributed by atoms with E-state index in [-0.39, 0.29) is 5.91 Å². The quantitative estimate of drug-likeness (QED) is 0.495. The maximum absolute atomic E-state index is 12.5. The molecule has 130 valence electrons. The number of nitrogen functional groups attached to an aromatic ring is 1. The number of ether oxygens (including phenoxy) is 1. The number of nitrogens with two attached hydrogens (primary N) is 1. The molecule has 0 saturated carbocycles. The zero-order valence-corrected chi connectivity index (χ0v) is 14.9.